The molecule has 0 saturated carbocycles. The molecule has 0 spiro atoms. The number of hydrogen-bond acceptors (Lipinski definition) is 4. The number of benzene rings is 1. The molecule has 1 aliphatic heterocycles. The number of piperidine rings is 1. The van der Waals surface area contributed by atoms with Gasteiger partial charge in [-0.15, -0.1) is 0 Å². The SMILES string of the molecule is O=C(CCC(=O)N1CCC(C(=O)Nc2ccc(Cl)cn2)CC1)c1ccc(Cl)cc1. The number of carbonyl (C=O) groups is 3. The molecule has 0 bridgehead atoms. The van der Waals surface area contributed by atoms with E-state index in [1.807, 2.05) is 0 Å². The van der Waals surface area contributed by atoms with Gasteiger partial charge in [-0.1, -0.05) is 23.2 Å². The van der Waals surface area contributed by atoms with Crippen molar-refractivity contribution >= 4 is 46.6 Å². The molecule has 6 nitrogen and oxygen atoms in total. The van der Waals surface area contributed by atoms with E-state index in [1.165, 1.54) is 6.20 Å². The van der Waals surface area contributed by atoms with E-state index in [9.17, 15) is 14.4 Å². The molecule has 1 N–H and O–H groups in total. The van der Waals surface area contributed by atoms with Crippen LogP contribution in [0.1, 0.15) is 36.0 Å². The third-order valence-electron chi connectivity index (χ3n) is 4.93. The lowest BCUT2D eigenvalue weighted by molar-refractivity contribution is -0.134. The number of rotatable bonds is 6. The standard InChI is InChI=1S/C21H21Cl2N3O3/c22-16-3-1-14(2-4-16)18(27)6-8-20(28)26-11-9-15(10-12-26)21(29)25-19-7-5-17(23)13-24-19/h1-5,7,13,15H,6,8-12H2,(H,24,25,29). The molecular formula is C21H21Cl2N3O3. The smallest absolute Gasteiger partial charge is 0.228 e. The number of halogens is 2. The largest absolute Gasteiger partial charge is 0.343 e. The highest BCUT2D eigenvalue weighted by molar-refractivity contribution is 6.30. The van der Waals surface area contributed by atoms with Crippen molar-refractivity contribution in [3.05, 3.63) is 58.2 Å². The van der Waals surface area contributed by atoms with Crippen LogP contribution in [0.5, 0.6) is 0 Å². The topological polar surface area (TPSA) is 79.4 Å². The highest BCUT2D eigenvalue weighted by Crippen LogP contribution is 2.21. The van der Waals surface area contributed by atoms with E-state index >= 15 is 0 Å². The van der Waals surface area contributed by atoms with Crippen LogP contribution < -0.4 is 5.32 Å². The first-order chi connectivity index (χ1) is 13.9. The van der Waals surface area contributed by atoms with Crippen molar-refractivity contribution in [2.45, 2.75) is 25.7 Å². The maximum absolute atomic E-state index is 12.4. The third-order valence-corrected chi connectivity index (χ3v) is 5.40. The van der Waals surface area contributed by atoms with Gasteiger partial charge < -0.3 is 10.2 Å². The molecule has 3 rings (SSSR count). The molecule has 29 heavy (non-hydrogen) atoms. The lowest BCUT2D eigenvalue weighted by Gasteiger charge is -2.31. The van der Waals surface area contributed by atoms with Crippen LogP contribution >= 0.6 is 23.2 Å². The van der Waals surface area contributed by atoms with Crippen LogP contribution in [0.2, 0.25) is 10.0 Å². The van der Waals surface area contributed by atoms with Crippen molar-refractivity contribution in [2.24, 2.45) is 5.92 Å². The number of hydrogen-bond donors (Lipinski definition) is 1. The Kier molecular flexibility index (Phi) is 7.23. The van der Waals surface area contributed by atoms with Gasteiger partial charge in [-0.25, -0.2) is 4.98 Å². The van der Waals surface area contributed by atoms with E-state index in [0.717, 1.165) is 0 Å². The fraction of sp³-hybridized carbons (Fsp3) is 0.333. The fourth-order valence-electron chi connectivity index (χ4n) is 3.23. The number of nitrogens with zero attached hydrogens (tertiary/aromatic N) is 2. The van der Waals surface area contributed by atoms with E-state index in [0.29, 0.717) is 47.4 Å². The summed E-state index contributed by atoms with van der Waals surface area (Å²) < 4.78 is 0. The summed E-state index contributed by atoms with van der Waals surface area (Å²) in [7, 11) is 0. The normalized spacial score (nSPS) is 14.5. The van der Waals surface area contributed by atoms with E-state index in [1.54, 1.807) is 41.3 Å². The van der Waals surface area contributed by atoms with Crippen LogP contribution in [0, 0.1) is 5.92 Å². The maximum Gasteiger partial charge on any atom is 0.228 e. The summed E-state index contributed by atoms with van der Waals surface area (Å²) in [5.74, 6) is 0.0287. The van der Waals surface area contributed by atoms with Crippen LogP contribution in [0.15, 0.2) is 42.6 Å². The zero-order chi connectivity index (χ0) is 20.8. The van der Waals surface area contributed by atoms with Gasteiger partial charge >= 0.3 is 0 Å². The third kappa shape index (κ3) is 6.02. The van der Waals surface area contributed by atoms with Gasteiger partial charge in [0, 0.05) is 48.6 Å². The molecule has 152 valence electrons. The molecule has 0 aliphatic carbocycles. The Labute approximate surface area is 179 Å². The Hall–Kier alpha value is -2.44. The van der Waals surface area contributed by atoms with E-state index in [4.69, 9.17) is 23.2 Å². The first-order valence-corrected chi connectivity index (χ1v) is 10.2. The molecule has 2 heterocycles. The predicted octanol–water partition coefficient (Wildman–Crippen LogP) is 4.23. The van der Waals surface area contributed by atoms with Gasteiger partial charge in [-0.2, -0.15) is 0 Å². The molecule has 0 radical (unpaired) electrons. The lowest BCUT2D eigenvalue weighted by atomic mass is 9.95. The predicted molar refractivity (Wildman–Crippen MR) is 112 cm³/mol. The maximum atomic E-state index is 12.4. The van der Waals surface area contributed by atoms with Crippen LogP contribution in [-0.2, 0) is 9.59 Å². The number of pyridine rings is 1. The van der Waals surface area contributed by atoms with Crippen molar-refractivity contribution in [3.8, 4) is 0 Å². The minimum absolute atomic E-state index is 0.0643. The van der Waals surface area contributed by atoms with Crippen molar-refractivity contribution in [1.29, 1.82) is 0 Å². The monoisotopic (exact) mass is 433 g/mol. The summed E-state index contributed by atoms with van der Waals surface area (Å²) in [6.07, 6.45) is 2.95. The number of nitrogens with one attached hydrogen (secondary N) is 1. The van der Waals surface area contributed by atoms with E-state index < -0.39 is 0 Å². The summed E-state index contributed by atoms with van der Waals surface area (Å²) >= 11 is 11.6. The molecule has 1 fully saturated rings. The van der Waals surface area contributed by atoms with E-state index in [2.05, 4.69) is 10.3 Å². The number of amides is 2. The quantitative estimate of drug-likeness (QED) is 0.691. The average molecular weight is 434 g/mol. The summed E-state index contributed by atoms with van der Waals surface area (Å²) in [6, 6.07) is 9.95. The minimum atomic E-state index is -0.174. The number of carbonyl (C=O) groups excluding carboxylic acids is 3. The first kappa shape index (κ1) is 21.3. The molecule has 2 amide bonds. The van der Waals surface area contributed by atoms with Crippen LogP contribution in [0.4, 0.5) is 5.82 Å². The molecule has 8 heteroatoms. The number of anilines is 1. The van der Waals surface area contributed by atoms with Gasteiger partial charge in [0.25, 0.3) is 0 Å². The van der Waals surface area contributed by atoms with Crippen molar-refractivity contribution in [2.75, 3.05) is 18.4 Å². The molecule has 0 atom stereocenters. The Morgan fingerprint density at radius 1 is 0.966 bits per heavy atom. The summed E-state index contributed by atoms with van der Waals surface area (Å²) in [6.45, 7) is 1.00. The Bertz CT molecular complexity index is 877. The second-order valence-corrected chi connectivity index (χ2v) is 7.81. The lowest BCUT2D eigenvalue weighted by Crippen LogP contribution is -2.41. The van der Waals surface area contributed by atoms with Gasteiger partial charge in [0.15, 0.2) is 5.78 Å². The molecule has 0 unspecified atom stereocenters. The van der Waals surface area contributed by atoms with Gasteiger partial charge in [0.05, 0.1) is 5.02 Å². The minimum Gasteiger partial charge on any atom is -0.343 e. The number of aromatic nitrogens is 1. The highest BCUT2D eigenvalue weighted by Gasteiger charge is 2.27. The van der Waals surface area contributed by atoms with Crippen molar-refractivity contribution < 1.29 is 14.4 Å². The molecule has 1 saturated heterocycles. The van der Waals surface area contributed by atoms with Gasteiger partial charge in [0.2, 0.25) is 11.8 Å². The molecule has 2 aromatic rings. The number of Topliss-reactive ketones (excluding diaryl/α,β-unsaturated/α-hetero) is 1. The zero-order valence-electron chi connectivity index (χ0n) is 15.7. The average Bonchev–Trinajstić information content (AvgIpc) is 2.74. The highest BCUT2D eigenvalue weighted by atomic mass is 35.5. The Morgan fingerprint density at radius 2 is 1.62 bits per heavy atom. The van der Waals surface area contributed by atoms with Crippen molar-refractivity contribution in [1.82, 2.24) is 9.88 Å². The second kappa shape index (κ2) is 9.85. The van der Waals surface area contributed by atoms with Crippen LogP contribution in [0.3, 0.4) is 0 Å². The zero-order valence-corrected chi connectivity index (χ0v) is 17.2. The number of ketones is 1. The molecular weight excluding hydrogens is 413 g/mol. The number of likely N-dealkylation sites (tertiary alicyclic amines) is 1. The second-order valence-electron chi connectivity index (χ2n) is 6.94. The first-order valence-electron chi connectivity index (χ1n) is 9.41. The Balaban J connectivity index is 1.43. The van der Waals surface area contributed by atoms with Crippen LogP contribution in [-0.4, -0.2) is 40.6 Å². The molecule has 1 aliphatic rings. The Morgan fingerprint density at radius 3 is 2.24 bits per heavy atom. The van der Waals surface area contributed by atoms with Gasteiger partial charge in [0.1, 0.15) is 5.82 Å². The summed E-state index contributed by atoms with van der Waals surface area (Å²) in [5, 5.41) is 3.85. The summed E-state index contributed by atoms with van der Waals surface area (Å²) in [5.41, 5.74) is 0.549. The van der Waals surface area contributed by atoms with Crippen molar-refractivity contribution in [3.63, 3.8) is 0 Å². The van der Waals surface area contributed by atoms with Gasteiger partial charge in [-0.3, -0.25) is 14.4 Å². The van der Waals surface area contributed by atoms with Crippen LogP contribution in [0.25, 0.3) is 0 Å². The summed E-state index contributed by atoms with van der Waals surface area (Å²) in [4.78, 5) is 42.8. The van der Waals surface area contributed by atoms with Gasteiger partial charge in [-0.05, 0) is 49.2 Å². The fourth-order valence-corrected chi connectivity index (χ4v) is 3.47. The molecule has 1 aromatic carbocycles. The van der Waals surface area contributed by atoms with E-state index in [-0.39, 0.29) is 36.4 Å². The molecule has 1 aromatic heterocycles.